The lowest BCUT2D eigenvalue weighted by atomic mass is 10.1. The second kappa shape index (κ2) is 7.27. The van der Waals surface area contributed by atoms with Crippen LogP contribution in [0.25, 0.3) is 16.7 Å². The van der Waals surface area contributed by atoms with Crippen molar-refractivity contribution in [2.45, 2.75) is 13.8 Å². The molecule has 0 unspecified atom stereocenters. The van der Waals surface area contributed by atoms with E-state index in [0.717, 1.165) is 5.56 Å². The van der Waals surface area contributed by atoms with Gasteiger partial charge in [-0.05, 0) is 67.9 Å². The summed E-state index contributed by atoms with van der Waals surface area (Å²) in [6, 6.07) is 14.1. The van der Waals surface area contributed by atoms with Gasteiger partial charge < -0.3 is 5.32 Å². The van der Waals surface area contributed by atoms with E-state index in [1.54, 1.807) is 49.5 Å². The van der Waals surface area contributed by atoms with E-state index in [1.807, 2.05) is 6.92 Å². The van der Waals surface area contributed by atoms with Crippen molar-refractivity contribution in [3.8, 4) is 5.69 Å². The van der Waals surface area contributed by atoms with Crippen molar-refractivity contribution in [2.24, 2.45) is 0 Å². The fourth-order valence-corrected chi connectivity index (χ4v) is 3.18. The standard InChI is InChI=1S/C22H17FN4O2/c1-13-11-17(27-14(2)25-20-18(22(27)29)7-4-10-24-20)8-9-19(13)26-21(28)15-5-3-6-16(23)12-15/h3-12H,1-2H3,(H,26,28). The van der Waals surface area contributed by atoms with Gasteiger partial charge in [0.05, 0.1) is 11.1 Å². The summed E-state index contributed by atoms with van der Waals surface area (Å²) in [7, 11) is 0. The largest absolute Gasteiger partial charge is 0.322 e. The monoisotopic (exact) mass is 388 g/mol. The highest BCUT2D eigenvalue weighted by Gasteiger charge is 2.13. The lowest BCUT2D eigenvalue weighted by Gasteiger charge is -2.14. The molecule has 0 aliphatic carbocycles. The molecule has 0 aliphatic rings. The van der Waals surface area contributed by atoms with Crippen LogP contribution in [0.5, 0.6) is 0 Å². The Morgan fingerprint density at radius 2 is 1.90 bits per heavy atom. The smallest absolute Gasteiger partial charge is 0.267 e. The van der Waals surface area contributed by atoms with Crippen LogP contribution in [-0.4, -0.2) is 20.4 Å². The molecule has 2 aromatic carbocycles. The first kappa shape index (κ1) is 18.5. The molecule has 2 heterocycles. The molecule has 29 heavy (non-hydrogen) atoms. The van der Waals surface area contributed by atoms with Crippen molar-refractivity contribution < 1.29 is 9.18 Å². The van der Waals surface area contributed by atoms with E-state index in [1.165, 1.54) is 22.8 Å². The summed E-state index contributed by atoms with van der Waals surface area (Å²) in [4.78, 5) is 33.8. The predicted octanol–water partition coefficient (Wildman–Crippen LogP) is 3.79. The molecule has 0 saturated carbocycles. The maximum absolute atomic E-state index is 13.4. The van der Waals surface area contributed by atoms with Crippen LogP contribution in [0.3, 0.4) is 0 Å². The molecule has 4 aromatic rings. The lowest BCUT2D eigenvalue weighted by Crippen LogP contribution is -2.23. The maximum Gasteiger partial charge on any atom is 0.267 e. The number of pyridine rings is 1. The molecule has 4 rings (SSSR count). The van der Waals surface area contributed by atoms with Crippen LogP contribution in [0.2, 0.25) is 0 Å². The van der Waals surface area contributed by atoms with Crippen LogP contribution in [0.1, 0.15) is 21.7 Å². The quantitative estimate of drug-likeness (QED) is 0.579. The fourth-order valence-electron chi connectivity index (χ4n) is 3.18. The number of nitrogens with one attached hydrogen (secondary N) is 1. The van der Waals surface area contributed by atoms with Gasteiger partial charge in [-0.15, -0.1) is 0 Å². The molecular formula is C22H17FN4O2. The molecule has 2 aromatic heterocycles. The highest BCUT2D eigenvalue weighted by atomic mass is 19.1. The summed E-state index contributed by atoms with van der Waals surface area (Å²) < 4.78 is 14.9. The van der Waals surface area contributed by atoms with Gasteiger partial charge in [0.2, 0.25) is 0 Å². The average Bonchev–Trinajstić information content (AvgIpc) is 2.70. The number of aryl methyl sites for hydroxylation is 2. The second-order valence-electron chi connectivity index (χ2n) is 6.64. The van der Waals surface area contributed by atoms with E-state index in [0.29, 0.717) is 28.2 Å². The molecular weight excluding hydrogens is 371 g/mol. The van der Waals surface area contributed by atoms with Crippen molar-refractivity contribution in [3.05, 3.63) is 93.9 Å². The molecule has 1 amide bonds. The summed E-state index contributed by atoms with van der Waals surface area (Å²) in [6.07, 6.45) is 1.60. The zero-order valence-corrected chi connectivity index (χ0v) is 15.8. The minimum atomic E-state index is -0.474. The average molecular weight is 388 g/mol. The number of carbonyl (C=O) groups excluding carboxylic acids is 1. The summed E-state index contributed by atoms with van der Waals surface area (Å²) in [6.45, 7) is 3.56. The summed E-state index contributed by atoms with van der Waals surface area (Å²) in [5.41, 5.74) is 2.38. The number of carbonyl (C=O) groups is 1. The normalized spacial score (nSPS) is 10.9. The Hall–Kier alpha value is -3.87. The second-order valence-corrected chi connectivity index (χ2v) is 6.64. The molecule has 0 aliphatic heterocycles. The van der Waals surface area contributed by atoms with Crippen LogP contribution in [0, 0.1) is 19.7 Å². The minimum absolute atomic E-state index is 0.212. The Morgan fingerprint density at radius 3 is 2.66 bits per heavy atom. The number of benzene rings is 2. The number of aromatic nitrogens is 3. The Kier molecular flexibility index (Phi) is 4.64. The van der Waals surface area contributed by atoms with Gasteiger partial charge in [-0.1, -0.05) is 6.07 Å². The van der Waals surface area contributed by atoms with Crippen molar-refractivity contribution in [1.29, 1.82) is 0 Å². The number of hydrogen-bond donors (Lipinski definition) is 1. The molecule has 7 heteroatoms. The van der Waals surface area contributed by atoms with E-state index in [4.69, 9.17) is 0 Å². The number of fused-ring (bicyclic) bond motifs is 1. The first-order chi connectivity index (χ1) is 13.9. The SMILES string of the molecule is Cc1cc(-n2c(C)nc3ncccc3c2=O)ccc1NC(=O)c1cccc(F)c1. The molecule has 1 N–H and O–H groups in total. The van der Waals surface area contributed by atoms with Crippen LogP contribution >= 0.6 is 0 Å². The Balaban J connectivity index is 1.70. The van der Waals surface area contributed by atoms with Crippen LogP contribution in [0.15, 0.2) is 65.6 Å². The van der Waals surface area contributed by atoms with Gasteiger partial charge in [0.25, 0.3) is 11.5 Å². The summed E-state index contributed by atoms with van der Waals surface area (Å²) >= 11 is 0. The molecule has 0 fully saturated rings. The van der Waals surface area contributed by atoms with Gasteiger partial charge in [0.15, 0.2) is 5.65 Å². The number of hydrogen-bond acceptors (Lipinski definition) is 4. The predicted molar refractivity (Wildman–Crippen MR) is 109 cm³/mol. The zero-order valence-electron chi connectivity index (χ0n) is 15.8. The summed E-state index contributed by atoms with van der Waals surface area (Å²) in [5.74, 6) is -0.373. The highest BCUT2D eigenvalue weighted by molar-refractivity contribution is 6.04. The molecule has 0 bridgehead atoms. The first-order valence-electron chi connectivity index (χ1n) is 8.96. The Labute approximate surface area is 165 Å². The molecule has 6 nitrogen and oxygen atoms in total. The van der Waals surface area contributed by atoms with Gasteiger partial charge in [0, 0.05) is 17.4 Å². The third kappa shape index (κ3) is 3.50. The molecule has 0 saturated heterocycles. The van der Waals surface area contributed by atoms with Crippen molar-refractivity contribution in [3.63, 3.8) is 0 Å². The van der Waals surface area contributed by atoms with Gasteiger partial charge in [0.1, 0.15) is 11.6 Å². The van der Waals surface area contributed by atoms with E-state index >= 15 is 0 Å². The van der Waals surface area contributed by atoms with Crippen LogP contribution in [0.4, 0.5) is 10.1 Å². The van der Waals surface area contributed by atoms with Crippen molar-refractivity contribution >= 4 is 22.6 Å². The van der Waals surface area contributed by atoms with E-state index in [2.05, 4.69) is 15.3 Å². The van der Waals surface area contributed by atoms with Gasteiger partial charge >= 0.3 is 0 Å². The Morgan fingerprint density at radius 1 is 1.07 bits per heavy atom. The topological polar surface area (TPSA) is 76.9 Å². The minimum Gasteiger partial charge on any atom is -0.322 e. The Bertz CT molecular complexity index is 1310. The molecule has 0 atom stereocenters. The number of anilines is 1. The van der Waals surface area contributed by atoms with Gasteiger partial charge in [-0.25, -0.2) is 14.4 Å². The van der Waals surface area contributed by atoms with Gasteiger partial charge in [-0.2, -0.15) is 0 Å². The molecule has 0 spiro atoms. The maximum atomic E-state index is 13.4. The number of rotatable bonds is 3. The zero-order chi connectivity index (χ0) is 20.5. The summed E-state index contributed by atoms with van der Waals surface area (Å²) in [5, 5.41) is 3.20. The number of halogens is 1. The van der Waals surface area contributed by atoms with E-state index < -0.39 is 11.7 Å². The molecule has 0 radical (unpaired) electrons. The molecule has 144 valence electrons. The van der Waals surface area contributed by atoms with Crippen LogP contribution in [-0.2, 0) is 0 Å². The first-order valence-corrected chi connectivity index (χ1v) is 8.96. The fraction of sp³-hybridized carbons (Fsp3) is 0.0909. The van der Waals surface area contributed by atoms with E-state index in [9.17, 15) is 14.0 Å². The van der Waals surface area contributed by atoms with Crippen molar-refractivity contribution in [1.82, 2.24) is 14.5 Å². The van der Waals surface area contributed by atoms with E-state index in [-0.39, 0.29) is 11.1 Å². The van der Waals surface area contributed by atoms with Crippen LogP contribution < -0.4 is 10.9 Å². The number of nitrogens with zero attached hydrogens (tertiary/aromatic N) is 3. The van der Waals surface area contributed by atoms with Gasteiger partial charge in [-0.3, -0.25) is 14.2 Å². The van der Waals surface area contributed by atoms with Crippen molar-refractivity contribution in [2.75, 3.05) is 5.32 Å². The lowest BCUT2D eigenvalue weighted by molar-refractivity contribution is 0.102. The highest BCUT2D eigenvalue weighted by Crippen LogP contribution is 2.20. The third-order valence-corrected chi connectivity index (χ3v) is 4.61. The number of amides is 1. The third-order valence-electron chi connectivity index (χ3n) is 4.61.